The Labute approximate surface area is 146 Å². The van der Waals surface area contributed by atoms with E-state index in [-0.39, 0.29) is 5.95 Å². The minimum absolute atomic E-state index is 0.156. The Morgan fingerprint density at radius 2 is 1.83 bits per heavy atom. The van der Waals surface area contributed by atoms with Crippen LogP contribution in [0, 0.1) is 0 Å². The maximum Gasteiger partial charge on any atom is 0.423 e. The number of hydrogen-bond acceptors (Lipinski definition) is 4. The molecule has 1 aromatic carbocycles. The van der Waals surface area contributed by atoms with Crippen LogP contribution in [-0.4, -0.2) is 22.6 Å². The third-order valence-corrected chi connectivity index (χ3v) is 3.62. The Morgan fingerprint density at radius 3 is 2.33 bits per heavy atom. The SMILES string of the molecule is CCN(c1ccc(Br)cc1)c1ncc(C(F)(F)F)c(OC(C)C)n1. The molecule has 2 aromatic rings. The molecule has 0 unspecified atom stereocenters. The summed E-state index contributed by atoms with van der Waals surface area (Å²) >= 11 is 3.35. The fourth-order valence-electron chi connectivity index (χ4n) is 2.06. The minimum Gasteiger partial charge on any atom is -0.474 e. The van der Waals surface area contributed by atoms with Gasteiger partial charge in [0.25, 0.3) is 0 Å². The van der Waals surface area contributed by atoms with Gasteiger partial charge in [0.15, 0.2) is 0 Å². The second-order valence-corrected chi connectivity index (χ2v) is 6.19. The summed E-state index contributed by atoms with van der Waals surface area (Å²) in [5, 5.41) is 0. The molecule has 0 fully saturated rings. The smallest absolute Gasteiger partial charge is 0.423 e. The first kappa shape index (κ1) is 18.5. The van der Waals surface area contributed by atoms with Gasteiger partial charge in [-0.1, -0.05) is 15.9 Å². The fourth-order valence-corrected chi connectivity index (χ4v) is 2.32. The number of nitrogens with zero attached hydrogens (tertiary/aromatic N) is 3. The molecule has 2 rings (SSSR count). The van der Waals surface area contributed by atoms with Gasteiger partial charge in [-0.15, -0.1) is 0 Å². The Hall–Kier alpha value is -1.83. The van der Waals surface area contributed by atoms with Gasteiger partial charge in [0.05, 0.1) is 6.10 Å². The standard InChI is InChI=1S/C16H17BrF3N3O/c1-4-23(12-7-5-11(17)6-8-12)15-21-9-13(16(18,19)20)14(22-15)24-10(2)3/h5-10H,4H2,1-3H3. The van der Waals surface area contributed by atoms with Gasteiger partial charge in [-0.3, -0.25) is 0 Å². The molecule has 0 spiro atoms. The highest BCUT2D eigenvalue weighted by Gasteiger charge is 2.36. The number of ether oxygens (including phenoxy) is 1. The number of aromatic nitrogens is 2. The molecule has 0 atom stereocenters. The molecule has 4 nitrogen and oxygen atoms in total. The van der Waals surface area contributed by atoms with Gasteiger partial charge in [0.2, 0.25) is 11.8 Å². The van der Waals surface area contributed by atoms with E-state index in [0.29, 0.717) is 6.54 Å². The topological polar surface area (TPSA) is 38.2 Å². The summed E-state index contributed by atoms with van der Waals surface area (Å²) in [6.45, 7) is 5.66. The summed E-state index contributed by atoms with van der Waals surface area (Å²) in [4.78, 5) is 9.60. The highest BCUT2D eigenvalue weighted by atomic mass is 79.9. The molecule has 1 aromatic heterocycles. The summed E-state index contributed by atoms with van der Waals surface area (Å²) in [5.74, 6) is -0.304. The quantitative estimate of drug-likeness (QED) is 0.687. The van der Waals surface area contributed by atoms with Gasteiger partial charge in [-0.05, 0) is 45.0 Å². The van der Waals surface area contributed by atoms with Crippen LogP contribution >= 0.6 is 15.9 Å². The van der Waals surface area contributed by atoms with Crippen molar-refractivity contribution in [2.45, 2.75) is 33.1 Å². The van der Waals surface area contributed by atoms with E-state index in [9.17, 15) is 13.2 Å². The van der Waals surface area contributed by atoms with Crippen molar-refractivity contribution < 1.29 is 17.9 Å². The summed E-state index contributed by atoms with van der Waals surface area (Å²) in [7, 11) is 0. The lowest BCUT2D eigenvalue weighted by atomic mass is 10.3. The molecule has 24 heavy (non-hydrogen) atoms. The number of anilines is 2. The van der Waals surface area contributed by atoms with Crippen LogP contribution in [-0.2, 0) is 6.18 Å². The Morgan fingerprint density at radius 1 is 1.21 bits per heavy atom. The molecular formula is C16H17BrF3N3O. The molecular weight excluding hydrogens is 387 g/mol. The van der Waals surface area contributed by atoms with Crippen LogP contribution in [0.4, 0.5) is 24.8 Å². The van der Waals surface area contributed by atoms with Gasteiger partial charge in [-0.2, -0.15) is 18.2 Å². The van der Waals surface area contributed by atoms with Crippen LogP contribution in [0.3, 0.4) is 0 Å². The Bertz CT molecular complexity index is 690. The molecule has 8 heteroatoms. The van der Waals surface area contributed by atoms with Gasteiger partial charge in [-0.25, -0.2) is 4.98 Å². The van der Waals surface area contributed by atoms with Gasteiger partial charge in [0, 0.05) is 22.9 Å². The number of benzene rings is 1. The van der Waals surface area contributed by atoms with Gasteiger partial charge < -0.3 is 9.64 Å². The van der Waals surface area contributed by atoms with Crippen molar-refractivity contribution in [3.8, 4) is 5.88 Å². The molecule has 0 aliphatic heterocycles. The first-order valence-corrected chi connectivity index (χ1v) is 8.15. The normalized spacial score (nSPS) is 11.7. The van der Waals surface area contributed by atoms with Crippen molar-refractivity contribution in [3.05, 3.63) is 40.5 Å². The number of rotatable bonds is 5. The number of halogens is 4. The Kier molecular flexibility index (Phi) is 5.69. The summed E-state index contributed by atoms with van der Waals surface area (Å²) < 4.78 is 45.5. The van der Waals surface area contributed by atoms with E-state index < -0.39 is 23.7 Å². The largest absolute Gasteiger partial charge is 0.474 e. The van der Waals surface area contributed by atoms with Crippen molar-refractivity contribution in [2.24, 2.45) is 0 Å². The molecule has 0 N–H and O–H groups in total. The monoisotopic (exact) mass is 403 g/mol. The number of alkyl halides is 3. The highest BCUT2D eigenvalue weighted by molar-refractivity contribution is 9.10. The molecule has 0 aliphatic rings. The van der Waals surface area contributed by atoms with Crippen LogP contribution in [0.5, 0.6) is 5.88 Å². The van der Waals surface area contributed by atoms with E-state index in [2.05, 4.69) is 25.9 Å². The highest BCUT2D eigenvalue weighted by Crippen LogP contribution is 2.36. The summed E-state index contributed by atoms with van der Waals surface area (Å²) in [6.07, 6.45) is -4.24. The lowest BCUT2D eigenvalue weighted by Crippen LogP contribution is -2.21. The Balaban J connectivity index is 2.47. The van der Waals surface area contributed by atoms with E-state index in [1.807, 2.05) is 31.2 Å². The number of hydrogen-bond donors (Lipinski definition) is 0. The van der Waals surface area contributed by atoms with E-state index in [4.69, 9.17) is 4.74 Å². The molecule has 0 saturated heterocycles. The average Bonchev–Trinajstić information content (AvgIpc) is 2.48. The van der Waals surface area contributed by atoms with Crippen LogP contribution in [0.1, 0.15) is 26.3 Å². The van der Waals surface area contributed by atoms with E-state index in [1.165, 1.54) is 0 Å². The second-order valence-electron chi connectivity index (χ2n) is 5.27. The third-order valence-electron chi connectivity index (χ3n) is 3.09. The van der Waals surface area contributed by atoms with Crippen LogP contribution in [0.15, 0.2) is 34.9 Å². The molecule has 0 amide bonds. The van der Waals surface area contributed by atoms with Crippen LogP contribution < -0.4 is 9.64 Å². The first-order valence-electron chi connectivity index (χ1n) is 7.36. The molecule has 130 valence electrons. The van der Waals surface area contributed by atoms with Crippen molar-refractivity contribution in [1.82, 2.24) is 9.97 Å². The van der Waals surface area contributed by atoms with Crippen molar-refractivity contribution >= 4 is 27.6 Å². The maximum atomic E-state index is 13.1. The van der Waals surface area contributed by atoms with E-state index >= 15 is 0 Å². The molecule has 1 heterocycles. The predicted molar refractivity (Wildman–Crippen MR) is 89.6 cm³/mol. The van der Waals surface area contributed by atoms with Crippen LogP contribution in [0.2, 0.25) is 0 Å². The summed E-state index contributed by atoms with van der Waals surface area (Å²) in [5.41, 5.74) is -0.206. The molecule has 0 radical (unpaired) electrons. The minimum atomic E-state index is -4.57. The second kappa shape index (κ2) is 7.38. The average molecular weight is 404 g/mol. The lowest BCUT2D eigenvalue weighted by molar-refractivity contribution is -0.139. The van der Waals surface area contributed by atoms with Crippen molar-refractivity contribution in [1.29, 1.82) is 0 Å². The zero-order valence-electron chi connectivity index (χ0n) is 13.4. The van der Waals surface area contributed by atoms with E-state index in [1.54, 1.807) is 18.7 Å². The zero-order chi connectivity index (χ0) is 17.9. The van der Waals surface area contributed by atoms with Crippen LogP contribution in [0.25, 0.3) is 0 Å². The van der Waals surface area contributed by atoms with E-state index in [0.717, 1.165) is 16.4 Å². The zero-order valence-corrected chi connectivity index (χ0v) is 15.0. The fraction of sp³-hybridized carbons (Fsp3) is 0.375. The third kappa shape index (κ3) is 4.37. The maximum absolute atomic E-state index is 13.1. The van der Waals surface area contributed by atoms with Gasteiger partial charge in [0.1, 0.15) is 5.56 Å². The van der Waals surface area contributed by atoms with Gasteiger partial charge >= 0.3 is 6.18 Å². The lowest BCUT2D eigenvalue weighted by Gasteiger charge is -2.23. The molecule has 0 aliphatic carbocycles. The molecule has 0 saturated carbocycles. The summed E-state index contributed by atoms with van der Waals surface area (Å²) in [6, 6.07) is 7.34. The first-order chi connectivity index (χ1) is 11.2. The predicted octanol–water partition coefficient (Wildman–Crippen LogP) is 5.20. The van der Waals surface area contributed by atoms with Crippen molar-refractivity contribution in [3.63, 3.8) is 0 Å². The van der Waals surface area contributed by atoms with Crippen molar-refractivity contribution in [2.75, 3.05) is 11.4 Å². The molecule has 0 bridgehead atoms.